The molecule has 0 fully saturated rings. The molecule has 0 aliphatic carbocycles. The van der Waals surface area contributed by atoms with Gasteiger partial charge in [0.15, 0.2) is 0 Å². The van der Waals surface area contributed by atoms with Crippen molar-refractivity contribution < 1.29 is 18.4 Å². The highest BCUT2D eigenvalue weighted by molar-refractivity contribution is 6.03. The number of carbonyl (C=O) groups is 2. The van der Waals surface area contributed by atoms with Gasteiger partial charge in [0.2, 0.25) is 5.91 Å². The van der Waals surface area contributed by atoms with Crippen molar-refractivity contribution in [1.82, 2.24) is 20.6 Å². The summed E-state index contributed by atoms with van der Waals surface area (Å²) < 4.78 is 26.8. The average Bonchev–Trinajstić information content (AvgIpc) is 3.46. The quantitative estimate of drug-likeness (QED) is 0.277. The number of nitrogens with one attached hydrogen (secondary N) is 4. The third-order valence-corrected chi connectivity index (χ3v) is 5.95. The summed E-state index contributed by atoms with van der Waals surface area (Å²) in [6.45, 7) is 0.186. The molecule has 5 rings (SSSR count). The van der Waals surface area contributed by atoms with Crippen molar-refractivity contribution in [3.63, 3.8) is 0 Å². The van der Waals surface area contributed by atoms with E-state index in [1.54, 1.807) is 42.6 Å². The monoisotopic (exact) mass is 472 g/mol. The first kappa shape index (κ1) is 22.3. The first-order valence-electron chi connectivity index (χ1n) is 11.2. The number of amides is 2. The van der Waals surface area contributed by atoms with Crippen molar-refractivity contribution in [2.75, 3.05) is 13.1 Å². The van der Waals surface area contributed by atoms with Crippen molar-refractivity contribution in [2.45, 2.75) is 6.42 Å². The molecule has 2 heterocycles. The van der Waals surface area contributed by atoms with Gasteiger partial charge in [-0.3, -0.25) is 9.59 Å². The highest BCUT2D eigenvalue weighted by atomic mass is 19.1. The van der Waals surface area contributed by atoms with Gasteiger partial charge in [-0.25, -0.2) is 8.78 Å². The molecule has 176 valence electrons. The maximum atomic E-state index is 13.5. The zero-order valence-corrected chi connectivity index (χ0v) is 18.6. The highest BCUT2D eigenvalue weighted by Gasteiger charge is 2.13. The second-order valence-corrected chi connectivity index (χ2v) is 8.26. The number of benzene rings is 3. The van der Waals surface area contributed by atoms with Crippen LogP contribution in [0.4, 0.5) is 8.78 Å². The molecule has 2 amide bonds. The lowest BCUT2D eigenvalue weighted by Crippen LogP contribution is -2.37. The molecule has 0 aliphatic rings. The minimum atomic E-state index is -0.375. The lowest BCUT2D eigenvalue weighted by Gasteiger charge is -2.08. The molecule has 5 aromatic rings. The Bertz CT molecular complexity index is 1540. The molecule has 35 heavy (non-hydrogen) atoms. The van der Waals surface area contributed by atoms with Crippen molar-refractivity contribution in [3.05, 3.63) is 95.8 Å². The minimum absolute atomic E-state index is 0.169. The van der Waals surface area contributed by atoms with Crippen LogP contribution < -0.4 is 10.6 Å². The van der Waals surface area contributed by atoms with Gasteiger partial charge in [0, 0.05) is 51.9 Å². The molecule has 6 nitrogen and oxygen atoms in total. The molecule has 0 saturated heterocycles. The Kier molecular flexibility index (Phi) is 6.01. The van der Waals surface area contributed by atoms with E-state index in [0.717, 1.165) is 38.5 Å². The summed E-state index contributed by atoms with van der Waals surface area (Å²) in [5, 5.41) is 7.02. The molecule has 3 aromatic carbocycles. The van der Waals surface area contributed by atoms with Crippen LogP contribution >= 0.6 is 0 Å². The number of halogens is 2. The van der Waals surface area contributed by atoms with Crippen molar-refractivity contribution in [1.29, 1.82) is 0 Å². The minimum Gasteiger partial charge on any atom is -0.361 e. The summed E-state index contributed by atoms with van der Waals surface area (Å²) >= 11 is 0. The predicted octanol–water partition coefficient (Wildman–Crippen LogP) is 4.68. The topological polar surface area (TPSA) is 89.8 Å². The first-order valence-corrected chi connectivity index (χ1v) is 11.2. The first-order chi connectivity index (χ1) is 17.0. The van der Waals surface area contributed by atoms with Gasteiger partial charge < -0.3 is 20.6 Å². The van der Waals surface area contributed by atoms with Gasteiger partial charge in [-0.05, 0) is 66.1 Å². The van der Waals surface area contributed by atoms with Gasteiger partial charge >= 0.3 is 0 Å². The number of rotatable bonds is 7. The van der Waals surface area contributed by atoms with E-state index < -0.39 is 0 Å². The lowest BCUT2D eigenvalue weighted by molar-refractivity contribution is -0.120. The van der Waals surface area contributed by atoms with Gasteiger partial charge in [0.1, 0.15) is 11.6 Å². The van der Waals surface area contributed by atoms with Gasteiger partial charge in [-0.2, -0.15) is 0 Å². The third-order valence-electron chi connectivity index (χ3n) is 5.95. The van der Waals surface area contributed by atoms with E-state index in [4.69, 9.17) is 0 Å². The van der Waals surface area contributed by atoms with Crippen LogP contribution in [0.5, 0.6) is 0 Å². The van der Waals surface area contributed by atoms with Crippen LogP contribution in [0.3, 0.4) is 0 Å². The molecule has 4 N–H and O–H groups in total. The summed E-state index contributed by atoms with van der Waals surface area (Å²) in [4.78, 5) is 31.1. The van der Waals surface area contributed by atoms with E-state index in [2.05, 4.69) is 20.6 Å². The van der Waals surface area contributed by atoms with E-state index in [9.17, 15) is 18.4 Å². The Labute approximate surface area is 199 Å². The second-order valence-electron chi connectivity index (χ2n) is 8.26. The number of carbonyl (C=O) groups excluding carboxylic acids is 2. The smallest absolute Gasteiger partial charge is 0.251 e. The van der Waals surface area contributed by atoms with Crippen LogP contribution in [-0.4, -0.2) is 34.9 Å². The molecular weight excluding hydrogens is 450 g/mol. The van der Waals surface area contributed by atoms with Crippen LogP contribution in [0, 0.1) is 11.6 Å². The number of hydrogen-bond donors (Lipinski definition) is 4. The number of aromatic nitrogens is 2. The van der Waals surface area contributed by atoms with Crippen LogP contribution in [0.25, 0.3) is 32.9 Å². The Balaban J connectivity index is 1.18. The Morgan fingerprint density at radius 3 is 2.31 bits per heavy atom. The number of aromatic amines is 2. The fourth-order valence-electron chi connectivity index (χ4n) is 4.15. The van der Waals surface area contributed by atoms with E-state index >= 15 is 0 Å². The zero-order valence-electron chi connectivity index (χ0n) is 18.6. The van der Waals surface area contributed by atoms with Gasteiger partial charge in [-0.15, -0.1) is 0 Å². The third kappa shape index (κ3) is 4.77. The maximum Gasteiger partial charge on any atom is 0.251 e. The predicted molar refractivity (Wildman–Crippen MR) is 131 cm³/mol. The van der Waals surface area contributed by atoms with Gasteiger partial charge in [0.25, 0.3) is 5.91 Å². The zero-order chi connectivity index (χ0) is 24.4. The maximum absolute atomic E-state index is 13.5. The van der Waals surface area contributed by atoms with Crippen LogP contribution in [0.1, 0.15) is 15.9 Å². The SMILES string of the molecule is O=C(CNC(=O)c1ccc2[nH]cc(-c3ccc(F)cc3)c2c1)NCCc1c[nH]c2ccc(F)cc12. The fourth-order valence-corrected chi connectivity index (χ4v) is 4.15. The van der Waals surface area contributed by atoms with Gasteiger partial charge in [0.05, 0.1) is 6.54 Å². The highest BCUT2D eigenvalue weighted by Crippen LogP contribution is 2.29. The van der Waals surface area contributed by atoms with Crippen molar-refractivity contribution in [3.8, 4) is 11.1 Å². The summed E-state index contributed by atoms with van der Waals surface area (Å²) in [6, 6.07) is 15.9. The largest absolute Gasteiger partial charge is 0.361 e. The molecular formula is C27H22F2N4O2. The second kappa shape index (κ2) is 9.42. The summed E-state index contributed by atoms with van der Waals surface area (Å²) in [5.41, 5.74) is 4.67. The standard InChI is InChI=1S/C27H22F2N4O2/c28-19-4-1-16(2-5-19)23-14-32-25-7-3-17(11-22(23)25)27(35)33-15-26(34)30-10-9-18-13-31-24-8-6-20(29)12-21(18)24/h1-8,11-14,31-32H,9-10,15H2,(H,30,34)(H,33,35). The number of fused-ring (bicyclic) bond motifs is 2. The van der Waals surface area contributed by atoms with Gasteiger partial charge in [-0.1, -0.05) is 12.1 Å². The van der Waals surface area contributed by atoms with E-state index in [1.165, 1.54) is 24.3 Å². The van der Waals surface area contributed by atoms with Crippen LogP contribution in [-0.2, 0) is 11.2 Å². The normalized spacial score (nSPS) is 11.1. The van der Waals surface area contributed by atoms with E-state index in [0.29, 0.717) is 18.5 Å². The lowest BCUT2D eigenvalue weighted by atomic mass is 10.0. The molecule has 0 radical (unpaired) electrons. The van der Waals surface area contributed by atoms with E-state index in [1.807, 2.05) is 6.20 Å². The van der Waals surface area contributed by atoms with Crippen molar-refractivity contribution in [2.24, 2.45) is 0 Å². The molecule has 0 saturated carbocycles. The molecule has 0 unspecified atom stereocenters. The molecule has 0 bridgehead atoms. The summed E-state index contributed by atoms with van der Waals surface area (Å²) in [5.74, 6) is -1.32. The average molecular weight is 472 g/mol. The molecule has 8 heteroatoms. The molecule has 0 atom stereocenters. The van der Waals surface area contributed by atoms with E-state index in [-0.39, 0.29) is 30.0 Å². The Hall–Kier alpha value is -4.46. The van der Waals surface area contributed by atoms with Crippen LogP contribution in [0.15, 0.2) is 73.1 Å². The summed E-state index contributed by atoms with van der Waals surface area (Å²) in [7, 11) is 0. The molecule has 0 spiro atoms. The molecule has 2 aromatic heterocycles. The van der Waals surface area contributed by atoms with Crippen LogP contribution in [0.2, 0.25) is 0 Å². The number of hydrogen-bond acceptors (Lipinski definition) is 2. The number of H-pyrrole nitrogens is 2. The fraction of sp³-hybridized carbons (Fsp3) is 0.111. The van der Waals surface area contributed by atoms with Crippen molar-refractivity contribution >= 4 is 33.6 Å². The Morgan fingerprint density at radius 1 is 0.771 bits per heavy atom. The summed E-state index contributed by atoms with van der Waals surface area (Å²) in [6.07, 6.45) is 4.14. The molecule has 0 aliphatic heterocycles. The Morgan fingerprint density at radius 2 is 1.49 bits per heavy atom.